The number of carboxylic acid groups (broad SMARTS) is 1. The number of aromatic nitrogens is 1. The monoisotopic (exact) mass is 421 g/mol. The number of morpholine rings is 1. The largest absolute Gasteiger partial charge is 0.483 e. The molecular formula is C20H27N3O7. The number of methoxy groups -OCH3 is 1. The summed E-state index contributed by atoms with van der Waals surface area (Å²) < 4.78 is 12.1. The summed E-state index contributed by atoms with van der Waals surface area (Å²) in [6.45, 7) is 1.14. The second-order valence-corrected chi connectivity index (χ2v) is 7.68. The number of nitrogens with zero attached hydrogens (tertiary/aromatic N) is 2. The lowest BCUT2D eigenvalue weighted by molar-refractivity contribution is -0.153. The molecule has 1 atom stereocenters. The number of ether oxygens (including phenoxy) is 2. The molecule has 2 aliphatic heterocycles. The Labute approximate surface area is 173 Å². The Bertz CT molecular complexity index is 860. The molecule has 4 rings (SSSR count). The van der Waals surface area contributed by atoms with Gasteiger partial charge in [0.2, 0.25) is 0 Å². The van der Waals surface area contributed by atoms with Crippen LogP contribution in [0.1, 0.15) is 48.2 Å². The van der Waals surface area contributed by atoms with Crippen molar-refractivity contribution in [2.75, 3.05) is 32.3 Å². The quantitative estimate of drug-likeness (QED) is 0.534. The Morgan fingerprint density at radius 2 is 2.10 bits per heavy atom. The summed E-state index contributed by atoms with van der Waals surface area (Å²) in [6, 6.07) is 1.47. The first-order chi connectivity index (χ1) is 14.5. The second-order valence-electron chi connectivity index (χ2n) is 7.68. The topological polar surface area (TPSA) is 127 Å². The van der Waals surface area contributed by atoms with E-state index in [0.29, 0.717) is 43.9 Å². The maximum Gasteiger partial charge on any atom is 0.311 e. The Morgan fingerprint density at radius 1 is 1.40 bits per heavy atom. The van der Waals surface area contributed by atoms with Gasteiger partial charge in [0.25, 0.3) is 12.4 Å². The van der Waals surface area contributed by atoms with Gasteiger partial charge >= 0.3 is 5.97 Å². The van der Waals surface area contributed by atoms with Gasteiger partial charge in [-0.2, -0.15) is 0 Å². The van der Waals surface area contributed by atoms with Crippen LogP contribution in [0.2, 0.25) is 0 Å². The van der Waals surface area contributed by atoms with E-state index in [1.807, 2.05) is 0 Å². The highest BCUT2D eigenvalue weighted by atomic mass is 16.5. The molecule has 1 amide bonds. The Balaban J connectivity index is 0.000000806. The van der Waals surface area contributed by atoms with Crippen LogP contribution < -0.4 is 10.9 Å². The van der Waals surface area contributed by atoms with Gasteiger partial charge in [0.05, 0.1) is 25.7 Å². The fourth-order valence-corrected chi connectivity index (χ4v) is 4.60. The summed E-state index contributed by atoms with van der Waals surface area (Å²) in [5.74, 6) is -0.365. The zero-order valence-electron chi connectivity index (χ0n) is 17.0. The standard InChI is InChI=1S/C19H25N3O5.CH2O2/c1-26-18(25)19(6-2-3-7-19)8-4-13-14(23)5-9-22-16(13)17(24)21-10-11-27-12-15(21)20-22;2-1-3/h5,9,15,20H,2-4,6-8,10-12H2,1H3;1H,(H,2,3)/t15-;/m0./s1. The predicted octanol–water partition coefficient (Wildman–Crippen LogP) is 0.571. The highest BCUT2D eigenvalue weighted by molar-refractivity contribution is 5.95. The Morgan fingerprint density at radius 3 is 2.77 bits per heavy atom. The van der Waals surface area contributed by atoms with Gasteiger partial charge in [-0.1, -0.05) is 12.8 Å². The SMILES string of the molecule is COC(=O)C1(CCc2c3n(ccc2=O)N[C@@H]2COCCN2C3=O)CCCC1.O=CO. The van der Waals surface area contributed by atoms with Gasteiger partial charge in [0.15, 0.2) is 5.43 Å². The van der Waals surface area contributed by atoms with E-state index in [0.717, 1.165) is 25.7 Å². The fourth-order valence-electron chi connectivity index (χ4n) is 4.60. The number of hydrogen-bond acceptors (Lipinski definition) is 7. The minimum absolute atomic E-state index is 0.159. The van der Waals surface area contributed by atoms with Crippen LogP contribution >= 0.6 is 0 Å². The number of hydrogen-bond donors (Lipinski definition) is 2. The van der Waals surface area contributed by atoms with Crippen molar-refractivity contribution in [3.05, 3.63) is 33.7 Å². The molecule has 0 radical (unpaired) electrons. The van der Waals surface area contributed by atoms with Crippen molar-refractivity contribution in [3.63, 3.8) is 0 Å². The van der Waals surface area contributed by atoms with E-state index >= 15 is 0 Å². The lowest BCUT2D eigenvalue weighted by atomic mass is 9.80. The third kappa shape index (κ3) is 4.04. The highest BCUT2D eigenvalue weighted by Gasteiger charge is 2.43. The van der Waals surface area contributed by atoms with Crippen molar-refractivity contribution in [1.82, 2.24) is 9.58 Å². The van der Waals surface area contributed by atoms with Gasteiger partial charge in [-0.15, -0.1) is 0 Å². The number of carbonyl (C=O) groups is 3. The number of fused-ring (bicyclic) bond motifs is 2. The van der Waals surface area contributed by atoms with Gasteiger partial charge in [-0.25, -0.2) is 0 Å². The number of amides is 1. The lowest BCUT2D eigenvalue weighted by Gasteiger charge is -2.41. The molecule has 3 heterocycles. The van der Waals surface area contributed by atoms with Crippen molar-refractivity contribution in [1.29, 1.82) is 0 Å². The van der Waals surface area contributed by atoms with Crippen molar-refractivity contribution < 1.29 is 29.0 Å². The average Bonchev–Trinajstić information content (AvgIpc) is 3.24. The maximum absolute atomic E-state index is 13.1. The van der Waals surface area contributed by atoms with Gasteiger partial charge in [-0.3, -0.25) is 23.9 Å². The summed E-state index contributed by atoms with van der Waals surface area (Å²) >= 11 is 0. The number of nitrogens with one attached hydrogen (secondary N) is 1. The number of rotatable bonds is 4. The van der Waals surface area contributed by atoms with E-state index in [-0.39, 0.29) is 29.9 Å². The average molecular weight is 421 g/mol. The molecule has 1 saturated carbocycles. The van der Waals surface area contributed by atoms with Crippen LogP contribution in [0.4, 0.5) is 0 Å². The number of esters is 1. The molecule has 164 valence electrons. The zero-order chi connectivity index (χ0) is 21.7. The first kappa shape index (κ1) is 21.8. The molecular weight excluding hydrogens is 394 g/mol. The third-order valence-electron chi connectivity index (χ3n) is 6.11. The molecule has 0 unspecified atom stereocenters. The summed E-state index contributed by atoms with van der Waals surface area (Å²) in [5, 5.41) is 6.89. The van der Waals surface area contributed by atoms with E-state index in [1.54, 1.807) is 15.8 Å². The minimum atomic E-state index is -0.540. The summed E-state index contributed by atoms with van der Waals surface area (Å²) in [5.41, 5.74) is 3.37. The molecule has 10 nitrogen and oxygen atoms in total. The van der Waals surface area contributed by atoms with E-state index < -0.39 is 5.41 Å². The molecule has 2 fully saturated rings. The summed E-state index contributed by atoms with van der Waals surface area (Å²) in [7, 11) is 1.41. The summed E-state index contributed by atoms with van der Waals surface area (Å²) in [4.78, 5) is 48.1. The van der Waals surface area contributed by atoms with E-state index in [4.69, 9.17) is 19.4 Å². The molecule has 30 heavy (non-hydrogen) atoms. The van der Waals surface area contributed by atoms with Crippen LogP contribution in [0.3, 0.4) is 0 Å². The molecule has 1 aromatic heterocycles. The van der Waals surface area contributed by atoms with E-state index in [9.17, 15) is 14.4 Å². The molecule has 0 spiro atoms. The van der Waals surface area contributed by atoms with Crippen molar-refractivity contribution >= 4 is 18.3 Å². The maximum atomic E-state index is 13.1. The summed E-state index contributed by atoms with van der Waals surface area (Å²) in [6.07, 6.45) is 5.77. The van der Waals surface area contributed by atoms with Gasteiger partial charge in [0, 0.05) is 24.4 Å². The van der Waals surface area contributed by atoms with Crippen LogP contribution in [0.25, 0.3) is 0 Å². The molecule has 2 N–H and O–H groups in total. The number of pyridine rings is 1. The first-order valence-electron chi connectivity index (χ1n) is 10.0. The zero-order valence-corrected chi connectivity index (χ0v) is 17.0. The van der Waals surface area contributed by atoms with Gasteiger partial charge in [0.1, 0.15) is 11.9 Å². The lowest BCUT2D eigenvalue weighted by Crippen LogP contribution is -2.59. The number of carbonyl (C=O) groups excluding carboxylic acids is 2. The predicted molar refractivity (Wildman–Crippen MR) is 106 cm³/mol. The van der Waals surface area contributed by atoms with E-state index in [2.05, 4.69) is 5.43 Å². The molecule has 3 aliphatic rings. The smallest absolute Gasteiger partial charge is 0.311 e. The highest BCUT2D eigenvalue weighted by Crippen LogP contribution is 2.43. The molecule has 1 aromatic rings. The van der Waals surface area contributed by atoms with Crippen LogP contribution in [-0.4, -0.2) is 66.1 Å². The Kier molecular flexibility index (Phi) is 6.76. The van der Waals surface area contributed by atoms with Crippen LogP contribution in [0.15, 0.2) is 17.1 Å². The Hall–Kier alpha value is -2.88. The van der Waals surface area contributed by atoms with Gasteiger partial charge < -0.3 is 24.9 Å². The van der Waals surface area contributed by atoms with Crippen molar-refractivity contribution in [2.45, 2.75) is 44.7 Å². The first-order valence-corrected chi connectivity index (χ1v) is 10.0. The van der Waals surface area contributed by atoms with Crippen LogP contribution in [0, 0.1) is 5.41 Å². The van der Waals surface area contributed by atoms with Crippen molar-refractivity contribution in [3.8, 4) is 0 Å². The fraction of sp³-hybridized carbons (Fsp3) is 0.600. The molecule has 10 heteroatoms. The van der Waals surface area contributed by atoms with Crippen LogP contribution in [-0.2, 0) is 25.5 Å². The van der Waals surface area contributed by atoms with Gasteiger partial charge in [-0.05, 0) is 25.7 Å². The van der Waals surface area contributed by atoms with Crippen molar-refractivity contribution in [2.24, 2.45) is 5.41 Å². The normalized spacial score (nSPS) is 21.4. The molecule has 0 aromatic carbocycles. The molecule has 0 bridgehead atoms. The van der Waals surface area contributed by atoms with E-state index in [1.165, 1.54) is 13.2 Å². The molecule has 1 aliphatic carbocycles. The van der Waals surface area contributed by atoms with Crippen LogP contribution in [0.5, 0.6) is 0 Å². The second kappa shape index (κ2) is 9.29. The minimum Gasteiger partial charge on any atom is -0.483 e. The third-order valence-corrected chi connectivity index (χ3v) is 6.11. The molecule has 1 saturated heterocycles.